The highest BCUT2D eigenvalue weighted by molar-refractivity contribution is 6.30. The van der Waals surface area contributed by atoms with Gasteiger partial charge >= 0.3 is 6.03 Å². The third-order valence-electron chi connectivity index (χ3n) is 3.44. The molecular formula is C17H16ClN5O. The molecule has 0 unspecified atom stereocenters. The maximum atomic E-state index is 11.9. The number of halogens is 1. The Hall–Kier alpha value is -2.86. The van der Waals surface area contributed by atoms with Crippen molar-refractivity contribution in [2.24, 2.45) is 0 Å². The standard InChI is InChI=1S/C17H16ClN5O/c1-12-19-8-9-23(12)16-7-6-15(11-20-16)22-17(24)21-10-13-2-4-14(18)5-3-13/h2-9,11H,10H2,1H3,(H2,21,22,24). The molecule has 0 saturated carbocycles. The van der Waals surface area contributed by atoms with Crippen molar-refractivity contribution in [3.8, 4) is 5.82 Å². The van der Waals surface area contributed by atoms with Crippen LogP contribution < -0.4 is 10.6 Å². The molecule has 3 rings (SSSR count). The van der Waals surface area contributed by atoms with Crippen molar-refractivity contribution in [3.63, 3.8) is 0 Å². The molecule has 0 saturated heterocycles. The molecule has 0 bridgehead atoms. The lowest BCUT2D eigenvalue weighted by atomic mass is 10.2. The van der Waals surface area contributed by atoms with E-state index in [4.69, 9.17) is 11.6 Å². The summed E-state index contributed by atoms with van der Waals surface area (Å²) in [6.45, 7) is 2.32. The zero-order valence-electron chi connectivity index (χ0n) is 13.0. The van der Waals surface area contributed by atoms with Crippen LogP contribution in [0, 0.1) is 6.92 Å². The lowest BCUT2D eigenvalue weighted by Gasteiger charge is -2.09. The Balaban J connectivity index is 1.56. The van der Waals surface area contributed by atoms with Gasteiger partial charge in [0, 0.05) is 24.0 Å². The summed E-state index contributed by atoms with van der Waals surface area (Å²) in [4.78, 5) is 20.4. The van der Waals surface area contributed by atoms with E-state index in [1.54, 1.807) is 30.6 Å². The molecule has 0 spiro atoms. The number of aryl methyl sites for hydroxylation is 1. The number of rotatable bonds is 4. The number of carbonyl (C=O) groups excluding carboxylic acids is 1. The lowest BCUT2D eigenvalue weighted by Crippen LogP contribution is -2.28. The van der Waals surface area contributed by atoms with E-state index in [1.807, 2.05) is 35.9 Å². The van der Waals surface area contributed by atoms with Gasteiger partial charge < -0.3 is 10.6 Å². The van der Waals surface area contributed by atoms with Gasteiger partial charge in [-0.25, -0.2) is 14.8 Å². The Morgan fingerprint density at radius 2 is 1.96 bits per heavy atom. The largest absolute Gasteiger partial charge is 0.334 e. The summed E-state index contributed by atoms with van der Waals surface area (Å²) in [6, 6.07) is 10.6. The molecule has 0 fully saturated rings. The molecule has 7 heteroatoms. The molecule has 1 aromatic carbocycles. The second-order valence-electron chi connectivity index (χ2n) is 5.18. The monoisotopic (exact) mass is 341 g/mol. The number of carbonyl (C=O) groups is 1. The summed E-state index contributed by atoms with van der Waals surface area (Å²) >= 11 is 5.83. The van der Waals surface area contributed by atoms with Crippen molar-refractivity contribution < 1.29 is 4.79 Å². The first-order chi connectivity index (χ1) is 11.6. The number of nitrogens with zero attached hydrogens (tertiary/aromatic N) is 3. The third-order valence-corrected chi connectivity index (χ3v) is 3.70. The molecular weight excluding hydrogens is 326 g/mol. The van der Waals surface area contributed by atoms with Gasteiger partial charge in [0.25, 0.3) is 0 Å². The van der Waals surface area contributed by atoms with Gasteiger partial charge in [-0.1, -0.05) is 23.7 Å². The second-order valence-corrected chi connectivity index (χ2v) is 5.62. The van der Waals surface area contributed by atoms with Crippen molar-refractivity contribution >= 4 is 23.3 Å². The van der Waals surface area contributed by atoms with E-state index < -0.39 is 0 Å². The Labute approximate surface area is 144 Å². The van der Waals surface area contributed by atoms with E-state index in [-0.39, 0.29) is 6.03 Å². The van der Waals surface area contributed by atoms with E-state index in [2.05, 4.69) is 20.6 Å². The average Bonchev–Trinajstić information content (AvgIpc) is 3.01. The Bertz CT molecular complexity index is 827. The smallest absolute Gasteiger partial charge is 0.319 e. The van der Waals surface area contributed by atoms with Gasteiger partial charge in [0.2, 0.25) is 0 Å². The molecule has 0 aliphatic heterocycles. The topological polar surface area (TPSA) is 71.8 Å². The summed E-state index contributed by atoms with van der Waals surface area (Å²) in [5.74, 6) is 1.60. The van der Waals surface area contributed by atoms with Gasteiger partial charge in [0.05, 0.1) is 11.9 Å². The summed E-state index contributed by atoms with van der Waals surface area (Å²) < 4.78 is 1.87. The van der Waals surface area contributed by atoms with Crippen LogP contribution >= 0.6 is 11.6 Å². The van der Waals surface area contributed by atoms with Crippen LogP contribution in [0.5, 0.6) is 0 Å². The van der Waals surface area contributed by atoms with E-state index in [0.29, 0.717) is 17.3 Å². The van der Waals surface area contributed by atoms with Crippen LogP contribution in [0.25, 0.3) is 5.82 Å². The van der Waals surface area contributed by atoms with Crippen LogP contribution in [0.2, 0.25) is 5.02 Å². The number of amides is 2. The maximum Gasteiger partial charge on any atom is 0.319 e. The Morgan fingerprint density at radius 1 is 1.17 bits per heavy atom. The van der Waals surface area contributed by atoms with Gasteiger partial charge in [-0.15, -0.1) is 0 Å². The first-order valence-electron chi connectivity index (χ1n) is 7.37. The van der Waals surface area contributed by atoms with Crippen molar-refractivity contribution in [2.75, 3.05) is 5.32 Å². The molecule has 2 heterocycles. The number of pyridine rings is 1. The number of hydrogen-bond donors (Lipinski definition) is 2. The summed E-state index contributed by atoms with van der Waals surface area (Å²) in [5, 5.41) is 6.20. The molecule has 3 aromatic rings. The van der Waals surface area contributed by atoms with Gasteiger partial charge in [-0.05, 0) is 36.8 Å². The van der Waals surface area contributed by atoms with Crippen molar-refractivity contribution in [3.05, 3.63) is 71.4 Å². The number of hydrogen-bond acceptors (Lipinski definition) is 3. The zero-order chi connectivity index (χ0) is 16.9. The summed E-state index contributed by atoms with van der Waals surface area (Å²) in [7, 11) is 0. The van der Waals surface area contributed by atoms with Crippen molar-refractivity contribution in [1.29, 1.82) is 0 Å². The zero-order valence-corrected chi connectivity index (χ0v) is 13.8. The highest BCUT2D eigenvalue weighted by Gasteiger charge is 2.05. The number of nitrogens with one attached hydrogen (secondary N) is 2. The Morgan fingerprint density at radius 3 is 2.58 bits per heavy atom. The summed E-state index contributed by atoms with van der Waals surface area (Å²) in [5.41, 5.74) is 1.59. The molecule has 122 valence electrons. The normalized spacial score (nSPS) is 10.4. The molecule has 2 aromatic heterocycles. The number of imidazole rings is 1. The van der Waals surface area contributed by atoms with Crippen LogP contribution in [-0.4, -0.2) is 20.6 Å². The minimum atomic E-state index is -0.293. The average molecular weight is 342 g/mol. The number of aromatic nitrogens is 3. The molecule has 0 aliphatic carbocycles. The molecule has 2 amide bonds. The molecule has 0 atom stereocenters. The third kappa shape index (κ3) is 3.91. The van der Waals surface area contributed by atoms with Crippen molar-refractivity contribution in [2.45, 2.75) is 13.5 Å². The van der Waals surface area contributed by atoms with Crippen LogP contribution in [-0.2, 0) is 6.54 Å². The minimum Gasteiger partial charge on any atom is -0.334 e. The van der Waals surface area contributed by atoms with Gasteiger partial charge in [0.15, 0.2) is 0 Å². The quantitative estimate of drug-likeness (QED) is 0.762. The minimum absolute atomic E-state index is 0.293. The van der Waals surface area contributed by atoms with Gasteiger partial charge in [0.1, 0.15) is 11.6 Å². The first kappa shape index (κ1) is 16.0. The Kier molecular flexibility index (Phi) is 4.77. The predicted octanol–water partition coefficient (Wildman–Crippen LogP) is 3.55. The van der Waals surface area contributed by atoms with E-state index in [1.165, 1.54) is 0 Å². The SMILES string of the molecule is Cc1nccn1-c1ccc(NC(=O)NCc2ccc(Cl)cc2)cn1. The number of anilines is 1. The highest BCUT2D eigenvalue weighted by Crippen LogP contribution is 2.12. The van der Waals surface area contributed by atoms with Gasteiger partial charge in [-0.3, -0.25) is 4.57 Å². The highest BCUT2D eigenvalue weighted by atomic mass is 35.5. The second kappa shape index (κ2) is 7.14. The molecule has 0 radical (unpaired) electrons. The van der Waals surface area contributed by atoms with Crippen LogP contribution in [0.4, 0.5) is 10.5 Å². The van der Waals surface area contributed by atoms with Crippen LogP contribution in [0.15, 0.2) is 55.0 Å². The van der Waals surface area contributed by atoms with E-state index in [9.17, 15) is 4.79 Å². The van der Waals surface area contributed by atoms with Crippen LogP contribution in [0.1, 0.15) is 11.4 Å². The molecule has 0 aliphatic rings. The fourth-order valence-corrected chi connectivity index (χ4v) is 2.31. The lowest BCUT2D eigenvalue weighted by molar-refractivity contribution is 0.251. The first-order valence-corrected chi connectivity index (χ1v) is 7.75. The predicted molar refractivity (Wildman–Crippen MR) is 93.4 cm³/mol. The van der Waals surface area contributed by atoms with Gasteiger partial charge in [-0.2, -0.15) is 0 Å². The molecule has 2 N–H and O–H groups in total. The summed E-state index contributed by atoms with van der Waals surface area (Å²) in [6.07, 6.45) is 5.16. The molecule has 6 nitrogen and oxygen atoms in total. The fraction of sp³-hybridized carbons (Fsp3) is 0.118. The molecule has 24 heavy (non-hydrogen) atoms. The number of urea groups is 1. The maximum absolute atomic E-state index is 11.9. The fourth-order valence-electron chi connectivity index (χ4n) is 2.18. The van der Waals surface area contributed by atoms with E-state index in [0.717, 1.165) is 17.2 Å². The van der Waals surface area contributed by atoms with Crippen LogP contribution in [0.3, 0.4) is 0 Å². The van der Waals surface area contributed by atoms with Crippen molar-refractivity contribution in [1.82, 2.24) is 19.9 Å². The number of benzene rings is 1. The van der Waals surface area contributed by atoms with E-state index >= 15 is 0 Å².